The molecule has 4 aromatic rings. The van der Waals surface area contributed by atoms with E-state index in [4.69, 9.17) is 4.74 Å². The molecule has 2 aliphatic rings. The van der Waals surface area contributed by atoms with Crippen LogP contribution in [0.3, 0.4) is 0 Å². The summed E-state index contributed by atoms with van der Waals surface area (Å²) >= 11 is 0. The quantitative estimate of drug-likeness (QED) is 0.433. The van der Waals surface area contributed by atoms with Crippen LogP contribution in [0.15, 0.2) is 36.7 Å². The van der Waals surface area contributed by atoms with E-state index in [1.807, 2.05) is 0 Å². The van der Waals surface area contributed by atoms with Crippen molar-refractivity contribution in [1.29, 1.82) is 0 Å². The molecule has 1 saturated carbocycles. The minimum Gasteiger partial charge on any atom is -0.382 e. The number of aryl methyl sites for hydroxylation is 1. The molecule has 9 nitrogen and oxygen atoms in total. The fourth-order valence-electron chi connectivity index (χ4n) is 4.64. The van der Waals surface area contributed by atoms with Crippen molar-refractivity contribution in [1.82, 2.24) is 24.4 Å². The van der Waals surface area contributed by atoms with Crippen LogP contribution in [-0.2, 0) is 10.3 Å². The molecular weight excluding hydrogens is 470 g/mol. The number of nitrogens with one attached hydrogen (secondary N) is 1. The number of ether oxygens (including phenoxy) is 1. The Kier molecular flexibility index (Phi) is 5.34. The predicted molar refractivity (Wildman–Crippen MR) is 125 cm³/mol. The Labute approximate surface area is 204 Å². The average Bonchev–Trinajstić information content (AvgIpc) is 3.27. The van der Waals surface area contributed by atoms with Crippen molar-refractivity contribution in [2.24, 2.45) is 0 Å². The van der Waals surface area contributed by atoms with Crippen LogP contribution < -0.4 is 5.32 Å². The van der Waals surface area contributed by atoms with Gasteiger partial charge in [0.2, 0.25) is 0 Å². The lowest BCUT2D eigenvalue weighted by Crippen LogP contribution is -2.24. The third kappa shape index (κ3) is 3.84. The van der Waals surface area contributed by atoms with Crippen LogP contribution in [-0.4, -0.2) is 42.0 Å². The van der Waals surface area contributed by atoms with E-state index in [9.17, 15) is 14.3 Å². The van der Waals surface area contributed by atoms with Gasteiger partial charge in [-0.25, -0.2) is 13.3 Å². The number of benzene rings is 1. The lowest BCUT2D eigenvalue weighted by molar-refractivity contribution is -0.0374. The van der Waals surface area contributed by atoms with E-state index < -0.39 is 29.4 Å². The molecule has 11 heteroatoms. The molecule has 2 N–H and O–H groups in total. The first-order valence-electron chi connectivity index (χ1n) is 11.9. The second-order valence-corrected chi connectivity index (χ2v) is 9.41. The first-order valence-corrected chi connectivity index (χ1v) is 11.9. The Morgan fingerprint density at radius 3 is 2.81 bits per heavy atom. The van der Waals surface area contributed by atoms with Crippen LogP contribution in [0.2, 0.25) is 0 Å². The van der Waals surface area contributed by atoms with Crippen molar-refractivity contribution in [3.05, 3.63) is 65.2 Å². The number of carbonyl (C=O) groups is 1. The molecule has 1 amide bonds. The maximum Gasteiger partial charge on any atom is 0.259 e. The number of amides is 1. The van der Waals surface area contributed by atoms with Gasteiger partial charge < -0.3 is 15.2 Å². The first-order chi connectivity index (χ1) is 17.3. The highest BCUT2D eigenvalue weighted by atomic mass is 19.1. The Morgan fingerprint density at radius 2 is 2.06 bits per heavy atom. The normalized spacial score (nSPS) is 18.9. The number of aromatic nitrogens is 5. The number of rotatable bonds is 5. The van der Waals surface area contributed by atoms with Crippen LogP contribution in [0.1, 0.15) is 60.1 Å². The number of fused-ring (bicyclic) bond motifs is 1. The molecule has 1 unspecified atom stereocenters. The highest BCUT2D eigenvalue weighted by Crippen LogP contribution is 2.47. The summed E-state index contributed by atoms with van der Waals surface area (Å²) in [6.45, 7) is 2.24. The number of halogens is 2. The van der Waals surface area contributed by atoms with Crippen molar-refractivity contribution < 1.29 is 23.4 Å². The number of anilines is 1. The molecule has 1 aliphatic carbocycles. The predicted octanol–water partition coefficient (Wildman–Crippen LogP) is 4.11. The van der Waals surface area contributed by atoms with Crippen LogP contribution in [0, 0.1) is 18.6 Å². The minimum absolute atomic E-state index is 0.134. The number of carbonyl (C=O) groups excluding carboxylic acids is 1. The molecule has 2 fully saturated rings. The molecular formula is C25H24F2N6O3. The van der Waals surface area contributed by atoms with Crippen molar-refractivity contribution in [2.45, 2.75) is 50.9 Å². The number of pyridine rings is 1. The zero-order valence-corrected chi connectivity index (χ0v) is 19.5. The first kappa shape index (κ1) is 22.7. The molecule has 186 valence electrons. The van der Waals surface area contributed by atoms with Crippen molar-refractivity contribution in [3.63, 3.8) is 0 Å². The number of aliphatic hydroxyl groups is 1. The van der Waals surface area contributed by atoms with E-state index in [-0.39, 0.29) is 17.0 Å². The maximum atomic E-state index is 15.3. The van der Waals surface area contributed by atoms with Crippen molar-refractivity contribution in [3.8, 4) is 11.4 Å². The van der Waals surface area contributed by atoms with Crippen LogP contribution >= 0.6 is 0 Å². The smallest absolute Gasteiger partial charge is 0.259 e. The Morgan fingerprint density at radius 1 is 1.22 bits per heavy atom. The topological polar surface area (TPSA) is 107 Å². The fraction of sp³-hybridized carbons (Fsp3) is 0.360. The summed E-state index contributed by atoms with van der Waals surface area (Å²) in [6.07, 6.45) is 5.78. The van der Waals surface area contributed by atoms with Gasteiger partial charge in [0.15, 0.2) is 11.6 Å². The summed E-state index contributed by atoms with van der Waals surface area (Å²) in [5, 5.41) is 26.1. The molecule has 0 spiro atoms. The van der Waals surface area contributed by atoms with E-state index in [1.165, 1.54) is 41.2 Å². The molecule has 0 bridgehead atoms. The summed E-state index contributed by atoms with van der Waals surface area (Å²) in [6, 6.07) is 5.55. The second kappa shape index (κ2) is 8.45. The van der Waals surface area contributed by atoms with Gasteiger partial charge in [0.25, 0.3) is 5.91 Å². The highest BCUT2D eigenvalue weighted by Gasteiger charge is 2.48. The monoisotopic (exact) mass is 494 g/mol. The van der Waals surface area contributed by atoms with Gasteiger partial charge in [-0.2, -0.15) is 5.10 Å². The van der Waals surface area contributed by atoms with E-state index in [1.54, 1.807) is 11.5 Å². The van der Waals surface area contributed by atoms with Gasteiger partial charge in [-0.3, -0.25) is 9.36 Å². The number of hydrogen-bond acceptors (Lipinski definition) is 6. The van der Waals surface area contributed by atoms with Crippen molar-refractivity contribution in [2.75, 3.05) is 11.9 Å². The highest BCUT2D eigenvalue weighted by molar-refractivity contribution is 6.09. The number of nitrogens with zero attached hydrogens (tertiary/aromatic N) is 5. The Hall–Kier alpha value is -3.70. The molecule has 6 rings (SSSR count). The summed E-state index contributed by atoms with van der Waals surface area (Å²) < 4.78 is 37.7. The molecule has 0 radical (unpaired) electrons. The van der Waals surface area contributed by atoms with E-state index in [0.29, 0.717) is 48.5 Å². The van der Waals surface area contributed by atoms with E-state index in [0.717, 1.165) is 12.8 Å². The molecule has 36 heavy (non-hydrogen) atoms. The summed E-state index contributed by atoms with van der Waals surface area (Å²) in [5.74, 6) is -0.874. The van der Waals surface area contributed by atoms with Gasteiger partial charge in [0.1, 0.15) is 23.5 Å². The molecule has 4 heterocycles. The van der Waals surface area contributed by atoms with Gasteiger partial charge in [-0.05, 0) is 68.9 Å². The largest absolute Gasteiger partial charge is 0.382 e. The van der Waals surface area contributed by atoms with Gasteiger partial charge in [0, 0.05) is 12.3 Å². The standard InChI is InChI=1S/C25H24F2N6O3/c1-14-10-18(27)16(11-19(14)29-23(34)17-12-28-32-13-15(26)5-6-20(17)32)22-30-31-24(25(35)7-8-25)33(22)21-4-2-3-9-36-21/h5-6,10-13,21,35H,2-4,7-9H2,1H3,(H,29,34). The molecule has 1 aliphatic heterocycles. The summed E-state index contributed by atoms with van der Waals surface area (Å²) in [5.41, 5.74) is 0.613. The van der Waals surface area contributed by atoms with Gasteiger partial charge in [-0.1, -0.05) is 0 Å². The lowest BCUT2D eigenvalue weighted by Gasteiger charge is -2.27. The third-order valence-corrected chi connectivity index (χ3v) is 6.81. The van der Waals surface area contributed by atoms with Gasteiger partial charge >= 0.3 is 0 Å². The molecule has 1 atom stereocenters. The Balaban J connectivity index is 1.39. The zero-order chi connectivity index (χ0) is 25.0. The Bertz CT molecular complexity index is 1490. The average molecular weight is 495 g/mol. The van der Waals surface area contributed by atoms with Crippen LogP contribution in [0.4, 0.5) is 14.5 Å². The fourth-order valence-corrected chi connectivity index (χ4v) is 4.64. The van der Waals surface area contributed by atoms with E-state index in [2.05, 4.69) is 20.6 Å². The lowest BCUT2D eigenvalue weighted by atomic mass is 10.1. The number of hydrogen-bond donors (Lipinski definition) is 2. The SMILES string of the molecule is Cc1cc(F)c(-c2nnc(C3(O)CC3)n2C2CCCCO2)cc1NC(=O)c1cnn2cc(F)ccc12. The zero-order valence-electron chi connectivity index (χ0n) is 19.5. The van der Waals surface area contributed by atoms with Gasteiger partial charge in [-0.15, -0.1) is 10.2 Å². The van der Waals surface area contributed by atoms with Crippen LogP contribution in [0.25, 0.3) is 16.9 Å². The molecule has 1 saturated heterocycles. The summed E-state index contributed by atoms with van der Waals surface area (Å²) in [7, 11) is 0. The summed E-state index contributed by atoms with van der Waals surface area (Å²) in [4.78, 5) is 13.1. The van der Waals surface area contributed by atoms with Crippen LogP contribution in [0.5, 0.6) is 0 Å². The minimum atomic E-state index is -1.09. The molecule has 3 aromatic heterocycles. The van der Waals surface area contributed by atoms with Crippen molar-refractivity contribution >= 4 is 17.1 Å². The molecule has 1 aromatic carbocycles. The third-order valence-electron chi connectivity index (χ3n) is 6.81. The van der Waals surface area contributed by atoms with E-state index >= 15 is 4.39 Å². The van der Waals surface area contributed by atoms with Gasteiger partial charge in [0.05, 0.1) is 29.0 Å². The maximum absolute atomic E-state index is 15.3. The second-order valence-electron chi connectivity index (χ2n) is 9.41.